The molecule has 0 saturated heterocycles. The molecule has 1 aliphatic rings. The highest BCUT2D eigenvalue weighted by atomic mass is 35.5. The molecule has 1 atom stereocenters. The number of alkyl halides is 1. The lowest BCUT2D eigenvalue weighted by Crippen LogP contribution is -2.46. The van der Waals surface area contributed by atoms with E-state index in [0.29, 0.717) is 0 Å². The normalized spacial score (nSPS) is 15.4. The van der Waals surface area contributed by atoms with Gasteiger partial charge < -0.3 is 4.74 Å². The molecule has 2 amide bonds. The summed E-state index contributed by atoms with van der Waals surface area (Å²) < 4.78 is 4.83. The first-order valence-electron chi connectivity index (χ1n) is 5.81. The van der Waals surface area contributed by atoms with Gasteiger partial charge in [0.2, 0.25) is 0 Å². The largest absolute Gasteiger partial charge is 0.464 e. The monoisotopic (exact) mass is 281 g/mol. The van der Waals surface area contributed by atoms with Crippen molar-refractivity contribution in [3.05, 3.63) is 35.4 Å². The van der Waals surface area contributed by atoms with Crippen LogP contribution in [-0.4, -0.2) is 41.2 Å². The lowest BCUT2D eigenvalue weighted by Gasteiger charge is -2.22. The molecular formula is C13H12ClNO4. The zero-order valence-electron chi connectivity index (χ0n) is 10.3. The molecule has 0 fully saturated rings. The van der Waals surface area contributed by atoms with Crippen molar-refractivity contribution in [1.82, 2.24) is 4.90 Å². The van der Waals surface area contributed by atoms with Gasteiger partial charge in [0.25, 0.3) is 11.8 Å². The number of nitrogens with zero attached hydrogens (tertiary/aromatic N) is 1. The maximum Gasteiger partial charge on any atom is 0.330 e. The summed E-state index contributed by atoms with van der Waals surface area (Å²) in [6.07, 6.45) is 0. The molecule has 1 heterocycles. The number of carbonyl (C=O) groups excluding carboxylic acids is 3. The van der Waals surface area contributed by atoms with Gasteiger partial charge in [-0.3, -0.25) is 14.5 Å². The summed E-state index contributed by atoms with van der Waals surface area (Å²) >= 11 is 5.70. The molecule has 19 heavy (non-hydrogen) atoms. The third-order valence-corrected chi connectivity index (χ3v) is 3.13. The highest BCUT2D eigenvalue weighted by Gasteiger charge is 2.42. The van der Waals surface area contributed by atoms with Crippen LogP contribution in [0.1, 0.15) is 27.6 Å². The van der Waals surface area contributed by atoms with Crippen molar-refractivity contribution in [2.75, 3.05) is 12.5 Å². The Labute approximate surface area is 115 Å². The average Bonchev–Trinajstić information content (AvgIpc) is 2.66. The number of hydrogen-bond acceptors (Lipinski definition) is 4. The minimum atomic E-state index is -1.09. The first-order valence-corrected chi connectivity index (χ1v) is 6.34. The third-order valence-electron chi connectivity index (χ3n) is 2.84. The molecule has 0 spiro atoms. The number of halogens is 1. The Hall–Kier alpha value is -1.88. The highest BCUT2D eigenvalue weighted by molar-refractivity contribution is 6.25. The van der Waals surface area contributed by atoms with E-state index >= 15 is 0 Å². The molecule has 1 aromatic rings. The van der Waals surface area contributed by atoms with Crippen LogP contribution in [0.3, 0.4) is 0 Å². The van der Waals surface area contributed by atoms with E-state index in [0.717, 1.165) is 4.90 Å². The Morgan fingerprint density at radius 1 is 1.26 bits per heavy atom. The molecule has 0 unspecified atom stereocenters. The second-order valence-electron chi connectivity index (χ2n) is 3.95. The van der Waals surface area contributed by atoms with Crippen LogP contribution in [0.5, 0.6) is 0 Å². The van der Waals surface area contributed by atoms with E-state index in [1.54, 1.807) is 31.2 Å². The first-order chi connectivity index (χ1) is 9.11. The van der Waals surface area contributed by atoms with Gasteiger partial charge in [-0.15, -0.1) is 11.6 Å². The summed E-state index contributed by atoms with van der Waals surface area (Å²) in [6.45, 7) is 1.81. The van der Waals surface area contributed by atoms with Crippen molar-refractivity contribution in [1.29, 1.82) is 0 Å². The summed E-state index contributed by atoms with van der Waals surface area (Å²) in [7, 11) is 0. The number of amides is 2. The minimum absolute atomic E-state index is 0.162. The van der Waals surface area contributed by atoms with Crippen LogP contribution >= 0.6 is 11.6 Å². The van der Waals surface area contributed by atoms with Crippen LogP contribution in [0.2, 0.25) is 0 Å². The molecule has 0 aliphatic carbocycles. The Kier molecular flexibility index (Phi) is 3.85. The van der Waals surface area contributed by atoms with Crippen LogP contribution in [0, 0.1) is 0 Å². The van der Waals surface area contributed by atoms with Crippen molar-refractivity contribution in [3.8, 4) is 0 Å². The summed E-state index contributed by atoms with van der Waals surface area (Å²) in [4.78, 5) is 36.9. The molecule has 1 aliphatic heterocycles. The molecule has 0 N–H and O–H groups in total. The molecular weight excluding hydrogens is 270 g/mol. The molecule has 6 heteroatoms. The van der Waals surface area contributed by atoms with E-state index in [9.17, 15) is 14.4 Å². The summed E-state index contributed by atoms with van der Waals surface area (Å²) in [6, 6.07) is 5.33. The van der Waals surface area contributed by atoms with E-state index in [-0.39, 0.29) is 23.6 Å². The minimum Gasteiger partial charge on any atom is -0.464 e. The van der Waals surface area contributed by atoms with Gasteiger partial charge in [0.1, 0.15) is 0 Å². The average molecular weight is 282 g/mol. The Balaban J connectivity index is 2.35. The highest BCUT2D eigenvalue weighted by Crippen LogP contribution is 2.25. The maximum absolute atomic E-state index is 12.2. The molecule has 5 nitrogen and oxygen atoms in total. The lowest BCUT2D eigenvalue weighted by atomic mass is 10.1. The van der Waals surface area contributed by atoms with Crippen LogP contribution < -0.4 is 0 Å². The number of carbonyl (C=O) groups is 3. The summed E-state index contributed by atoms with van der Waals surface area (Å²) in [5, 5.41) is 0. The molecule has 0 radical (unpaired) electrons. The van der Waals surface area contributed by atoms with E-state index < -0.39 is 23.8 Å². The van der Waals surface area contributed by atoms with Crippen molar-refractivity contribution in [2.24, 2.45) is 0 Å². The Bertz CT molecular complexity index is 508. The van der Waals surface area contributed by atoms with Crippen molar-refractivity contribution in [2.45, 2.75) is 13.0 Å². The third kappa shape index (κ3) is 2.21. The predicted octanol–water partition coefficient (Wildman–Crippen LogP) is 1.45. The van der Waals surface area contributed by atoms with Crippen LogP contribution in [0.4, 0.5) is 0 Å². The van der Waals surface area contributed by atoms with E-state index in [1.807, 2.05) is 0 Å². The maximum atomic E-state index is 12.2. The number of rotatable bonds is 4. The predicted molar refractivity (Wildman–Crippen MR) is 68.1 cm³/mol. The number of benzene rings is 1. The lowest BCUT2D eigenvalue weighted by molar-refractivity contribution is -0.147. The van der Waals surface area contributed by atoms with Gasteiger partial charge in [-0.05, 0) is 19.1 Å². The second-order valence-corrected chi connectivity index (χ2v) is 4.26. The quantitative estimate of drug-likeness (QED) is 0.476. The fourth-order valence-electron chi connectivity index (χ4n) is 1.97. The van der Waals surface area contributed by atoms with Gasteiger partial charge in [0.15, 0.2) is 6.04 Å². The standard InChI is InChI=1S/C13H12ClNO4/c1-2-19-13(18)10(7-14)15-11(16)8-5-3-4-6-9(8)12(15)17/h3-6,10H,2,7H2,1H3/t10-/m1/s1. The second kappa shape index (κ2) is 5.40. The van der Waals surface area contributed by atoms with Crippen molar-refractivity contribution >= 4 is 29.4 Å². The van der Waals surface area contributed by atoms with Gasteiger partial charge >= 0.3 is 5.97 Å². The smallest absolute Gasteiger partial charge is 0.330 e. The zero-order chi connectivity index (χ0) is 14.0. The Morgan fingerprint density at radius 2 is 1.79 bits per heavy atom. The molecule has 0 saturated carbocycles. The topological polar surface area (TPSA) is 63.7 Å². The number of imide groups is 1. The fraction of sp³-hybridized carbons (Fsp3) is 0.308. The molecule has 2 rings (SSSR count). The zero-order valence-corrected chi connectivity index (χ0v) is 11.0. The summed E-state index contributed by atoms with van der Waals surface area (Å²) in [5.41, 5.74) is 0.568. The number of ether oxygens (including phenoxy) is 1. The van der Waals surface area contributed by atoms with E-state index in [1.165, 1.54) is 0 Å². The van der Waals surface area contributed by atoms with Crippen LogP contribution in [0.25, 0.3) is 0 Å². The van der Waals surface area contributed by atoms with Gasteiger partial charge in [-0.1, -0.05) is 12.1 Å². The molecule has 0 aromatic heterocycles. The summed E-state index contributed by atoms with van der Waals surface area (Å²) in [5.74, 6) is -1.89. The van der Waals surface area contributed by atoms with Crippen LogP contribution in [-0.2, 0) is 9.53 Å². The van der Waals surface area contributed by atoms with Gasteiger partial charge in [-0.2, -0.15) is 0 Å². The molecule has 0 bridgehead atoms. The van der Waals surface area contributed by atoms with E-state index in [2.05, 4.69) is 0 Å². The molecule has 100 valence electrons. The van der Waals surface area contributed by atoms with Crippen LogP contribution in [0.15, 0.2) is 24.3 Å². The van der Waals surface area contributed by atoms with E-state index in [4.69, 9.17) is 16.3 Å². The Morgan fingerprint density at radius 3 is 2.21 bits per heavy atom. The number of fused-ring (bicyclic) bond motifs is 1. The van der Waals surface area contributed by atoms with Gasteiger partial charge in [-0.25, -0.2) is 4.79 Å². The number of hydrogen-bond donors (Lipinski definition) is 0. The van der Waals surface area contributed by atoms with Crippen molar-refractivity contribution < 1.29 is 19.1 Å². The van der Waals surface area contributed by atoms with Gasteiger partial charge in [0, 0.05) is 0 Å². The first kappa shape index (κ1) is 13.5. The number of esters is 1. The van der Waals surface area contributed by atoms with Gasteiger partial charge in [0.05, 0.1) is 23.6 Å². The molecule has 1 aromatic carbocycles. The SMILES string of the molecule is CCOC(=O)[C@@H](CCl)N1C(=O)c2ccccc2C1=O. The fourth-order valence-corrected chi connectivity index (χ4v) is 2.23. The van der Waals surface area contributed by atoms with Crippen molar-refractivity contribution in [3.63, 3.8) is 0 Å².